The van der Waals surface area contributed by atoms with E-state index in [9.17, 15) is 0 Å². The molecule has 1 rings (SSSR count). The van der Waals surface area contributed by atoms with E-state index in [2.05, 4.69) is 66.3 Å². The van der Waals surface area contributed by atoms with Crippen LogP contribution >= 0.6 is 15.9 Å². The van der Waals surface area contributed by atoms with E-state index < -0.39 is 0 Å². The Balaban J connectivity index is 2.46. The highest BCUT2D eigenvalue weighted by atomic mass is 79.9. The lowest BCUT2D eigenvalue weighted by Crippen LogP contribution is -2.28. The summed E-state index contributed by atoms with van der Waals surface area (Å²) in [6.45, 7) is 7.68. The number of nitrogens with one attached hydrogen (secondary N) is 1. The molecule has 0 aliphatic carbocycles. The zero-order valence-electron chi connectivity index (χ0n) is 11.2. The van der Waals surface area contributed by atoms with Gasteiger partial charge in [0.25, 0.3) is 0 Å². The highest BCUT2D eigenvalue weighted by molar-refractivity contribution is 9.09. The Bertz CT molecular complexity index is 305. The molecule has 0 heterocycles. The maximum Gasteiger partial charge on any atom is 0.0208 e. The molecule has 0 fully saturated rings. The third-order valence-corrected chi connectivity index (χ3v) is 3.65. The summed E-state index contributed by atoms with van der Waals surface area (Å²) in [5.74, 6) is 0.619. The van der Waals surface area contributed by atoms with Gasteiger partial charge in [-0.05, 0) is 29.9 Å². The molecule has 0 aromatic heterocycles. The predicted molar refractivity (Wildman–Crippen MR) is 79.9 cm³/mol. The van der Waals surface area contributed by atoms with Crippen LogP contribution in [0, 0.1) is 0 Å². The molecular weight excluding hydrogens is 274 g/mol. The second kappa shape index (κ2) is 7.88. The summed E-state index contributed by atoms with van der Waals surface area (Å²) in [5.41, 5.74) is 2.80. The van der Waals surface area contributed by atoms with E-state index in [0.29, 0.717) is 12.0 Å². The number of halogens is 1. The molecule has 1 nitrogen and oxygen atoms in total. The average molecular weight is 298 g/mol. The van der Waals surface area contributed by atoms with Crippen molar-refractivity contribution >= 4 is 15.9 Å². The summed E-state index contributed by atoms with van der Waals surface area (Å²) in [5, 5.41) is 4.68. The first-order chi connectivity index (χ1) is 8.17. The van der Waals surface area contributed by atoms with E-state index in [1.165, 1.54) is 24.0 Å². The van der Waals surface area contributed by atoms with E-state index in [0.717, 1.165) is 11.9 Å². The first kappa shape index (κ1) is 14.7. The molecule has 1 unspecified atom stereocenters. The molecule has 1 atom stereocenters. The lowest BCUT2D eigenvalue weighted by molar-refractivity contribution is 0.488. The summed E-state index contributed by atoms with van der Waals surface area (Å²) >= 11 is 3.50. The minimum atomic E-state index is 0.619. The minimum Gasteiger partial charge on any atom is -0.310 e. The van der Waals surface area contributed by atoms with Crippen LogP contribution in [-0.4, -0.2) is 11.4 Å². The molecule has 0 amide bonds. The third kappa shape index (κ3) is 5.22. The molecule has 0 aliphatic heterocycles. The molecule has 0 spiro atoms. The molecule has 1 N–H and O–H groups in total. The number of hydrogen-bond donors (Lipinski definition) is 1. The van der Waals surface area contributed by atoms with Gasteiger partial charge in [0.05, 0.1) is 0 Å². The van der Waals surface area contributed by atoms with Gasteiger partial charge in [-0.15, -0.1) is 0 Å². The number of alkyl halides is 1. The lowest BCUT2D eigenvalue weighted by Gasteiger charge is -2.16. The fourth-order valence-electron chi connectivity index (χ4n) is 1.86. The van der Waals surface area contributed by atoms with Crippen LogP contribution < -0.4 is 5.32 Å². The quantitative estimate of drug-likeness (QED) is 0.733. The monoisotopic (exact) mass is 297 g/mol. The number of rotatable bonds is 7. The van der Waals surface area contributed by atoms with Gasteiger partial charge in [0, 0.05) is 17.9 Å². The molecule has 0 bridgehead atoms. The van der Waals surface area contributed by atoms with Gasteiger partial charge in [-0.25, -0.2) is 0 Å². The summed E-state index contributed by atoms with van der Waals surface area (Å²) in [6, 6.07) is 9.59. The summed E-state index contributed by atoms with van der Waals surface area (Å²) in [4.78, 5) is 0. The van der Waals surface area contributed by atoms with Crippen LogP contribution in [0.2, 0.25) is 0 Å². The van der Waals surface area contributed by atoms with Crippen molar-refractivity contribution in [1.29, 1.82) is 0 Å². The van der Waals surface area contributed by atoms with E-state index in [4.69, 9.17) is 0 Å². The molecule has 17 heavy (non-hydrogen) atoms. The summed E-state index contributed by atoms with van der Waals surface area (Å²) in [7, 11) is 0. The molecule has 0 radical (unpaired) electrons. The first-order valence-corrected chi connectivity index (χ1v) is 7.67. The maximum absolute atomic E-state index is 3.61. The van der Waals surface area contributed by atoms with E-state index >= 15 is 0 Å². The molecule has 1 aromatic carbocycles. The van der Waals surface area contributed by atoms with Crippen LogP contribution in [0.25, 0.3) is 0 Å². The predicted octanol–water partition coefficient (Wildman–Crippen LogP) is 4.46. The average Bonchev–Trinajstić information content (AvgIpc) is 2.35. The fraction of sp³-hybridized carbons (Fsp3) is 0.600. The van der Waals surface area contributed by atoms with Crippen molar-refractivity contribution in [3.05, 3.63) is 35.4 Å². The minimum absolute atomic E-state index is 0.619. The van der Waals surface area contributed by atoms with Crippen molar-refractivity contribution in [1.82, 2.24) is 5.32 Å². The van der Waals surface area contributed by atoms with Gasteiger partial charge < -0.3 is 5.32 Å². The zero-order valence-corrected chi connectivity index (χ0v) is 12.8. The Labute approximate surface area is 114 Å². The maximum atomic E-state index is 3.61. The van der Waals surface area contributed by atoms with Crippen LogP contribution in [0.3, 0.4) is 0 Å². The molecular formula is C15H24BrN. The van der Waals surface area contributed by atoms with E-state index in [1.807, 2.05) is 0 Å². The van der Waals surface area contributed by atoms with Crippen LogP contribution in [-0.2, 0) is 6.54 Å². The van der Waals surface area contributed by atoms with Crippen LogP contribution in [0.1, 0.15) is 50.7 Å². The Morgan fingerprint density at radius 1 is 1.18 bits per heavy atom. The van der Waals surface area contributed by atoms with Gasteiger partial charge in [-0.1, -0.05) is 61.0 Å². The van der Waals surface area contributed by atoms with Crippen molar-refractivity contribution in [3.8, 4) is 0 Å². The van der Waals surface area contributed by atoms with Crippen molar-refractivity contribution in [3.63, 3.8) is 0 Å². The van der Waals surface area contributed by atoms with Crippen molar-refractivity contribution in [2.45, 2.75) is 52.1 Å². The number of benzene rings is 1. The second-order valence-corrected chi connectivity index (χ2v) is 5.65. The Morgan fingerprint density at radius 3 is 2.29 bits per heavy atom. The van der Waals surface area contributed by atoms with Crippen LogP contribution in [0.15, 0.2) is 24.3 Å². The highest BCUT2D eigenvalue weighted by Gasteiger charge is 2.04. The third-order valence-electron chi connectivity index (χ3n) is 3.19. The molecule has 1 aromatic rings. The van der Waals surface area contributed by atoms with Gasteiger partial charge in [0.15, 0.2) is 0 Å². The Hall–Kier alpha value is -0.340. The standard InChI is InChI=1S/C15H24BrN/c1-4-15(9-10-16)17-11-13-5-7-14(8-6-13)12(2)3/h5-8,12,15,17H,4,9-11H2,1-3H3. The fourth-order valence-corrected chi connectivity index (χ4v) is 2.42. The van der Waals surface area contributed by atoms with Crippen LogP contribution in [0.4, 0.5) is 0 Å². The Kier molecular flexibility index (Phi) is 6.83. The normalized spacial score (nSPS) is 13.0. The van der Waals surface area contributed by atoms with Crippen molar-refractivity contribution < 1.29 is 0 Å². The van der Waals surface area contributed by atoms with Gasteiger partial charge in [-0.2, -0.15) is 0 Å². The molecule has 0 aliphatic rings. The van der Waals surface area contributed by atoms with Gasteiger partial charge >= 0.3 is 0 Å². The smallest absolute Gasteiger partial charge is 0.0208 e. The molecule has 2 heteroatoms. The highest BCUT2D eigenvalue weighted by Crippen LogP contribution is 2.14. The Morgan fingerprint density at radius 2 is 1.82 bits per heavy atom. The molecule has 96 valence electrons. The summed E-state index contributed by atoms with van der Waals surface area (Å²) in [6.07, 6.45) is 2.39. The SMILES string of the molecule is CCC(CCBr)NCc1ccc(C(C)C)cc1. The molecule has 0 saturated heterocycles. The summed E-state index contributed by atoms with van der Waals surface area (Å²) < 4.78 is 0. The van der Waals surface area contributed by atoms with E-state index in [-0.39, 0.29) is 0 Å². The largest absolute Gasteiger partial charge is 0.310 e. The zero-order chi connectivity index (χ0) is 12.7. The second-order valence-electron chi connectivity index (χ2n) is 4.86. The van der Waals surface area contributed by atoms with Crippen LogP contribution in [0.5, 0.6) is 0 Å². The number of hydrogen-bond acceptors (Lipinski definition) is 1. The van der Waals surface area contributed by atoms with Crippen molar-refractivity contribution in [2.24, 2.45) is 0 Å². The van der Waals surface area contributed by atoms with Gasteiger partial charge in [0.1, 0.15) is 0 Å². The van der Waals surface area contributed by atoms with Gasteiger partial charge in [-0.3, -0.25) is 0 Å². The van der Waals surface area contributed by atoms with E-state index in [1.54, 1.807) is 0 Å². The van der Waals surface area contributed by atoms with Gasteiger partial charge in [0.2, 0.25) is 0 Å². The lowest BCUT2D eigenvalue weighted by atomic mass is 10.0. The first-order valence-electron chi connectivity index (χ1n) is 6.55. The molecule has 0 saturated carbocycles. The van der Waals surface area contributed by atoms with Crippen molar-refractivity contribution in [2.75, 3.05) is 5.33 Å². The topological polar surface area (TPSA) is 12.0 Å².